The van der Waals surface area contributed by atoms with E-state index < -0.39 is 0 Å². The molecule has 0 unspecified atom stereocenters. The van der Waals surface area contributed by atoms with Gasteiger partial charge < -0.3 is 9.32 Å². The van der Waals surface area contributed by atoms with E-state index in [9.17, 15) is 0 Å². The number of hydrogen-bond donors (Lipinski definition) is 0. The van der Waals surface area contributed by atoms with Crippen LogP contribution in [-0.4, -0.2) is 0 Å². The Kier molecular flexibility index (Phi) is 8.20. The van der Waals surface area contributed by atoms with Crippen molar-refractivity contribution in [3.63, 3.8) is 0 Å². The molecule has 0 aliphatic carbocycles. The summed E-state index contributed by atoms with van der Waals surface area (Å²) in [5, 5.41) is 0. The van der Waals surface area contributed by atoms with Crippen molar-refractivity contribution in [3.05, 3.63) is 147 Å². The average molecular weight is 600 g/mol. The lowest BCUT2D eigenvalue weighted by Gasteiger charge is -2.27. The third kappa shape index (κ3) is 5.78. The van der Waals surface area contributed by atoms with Crippen LogP contribution in [0.15, 0.2) is 101 Å². The number of rotatable bonds is 6. The van der Waals surface area contributed by atoms with Crippen LogP contribution in [0.3, 0.4) is 0 Å². The fourth-order valence-corrected chi connectivity index (χ4v) is 7.17. The number of benzene rings is 5. The minimum atomic E-state index is 0.796. The Balaban J connectivity index is 1.47. The molecule has 0 fully saturated rings. The molecular weight excluding hydrogens is 558 g/mol. The maximum absolute atomic E-state index is 6.13. The van der Waals surface area contributed by atoms with E-state index in [1.807, 2.05) is 13.0 Å². The van der Waals surface area contributed by atoms with Gasteiger partial charge in [0.2, 0.25) is 0 Å². The second-order valence-electron chi connectivity index (χ2n) is 12.7. The molecule has 6 rings (SSSR count). The third-order valence-electron chi connectivity index (χ3n) is 8.88. The first-order chi connectivity index (χ1) is 22.0. The van der Waals surface area contributed by atoms with Crippen LogP contribution in [-0.2, 0) is 0 Å². The summed E-state index contributed by atoms with van der Waals surface area (Å²) in [6.07, 6.45) is 6.13. The molecule has 0 aliphatic rings. The number of furan rings is 1. The Morgan fingerprint density at radius 1 is 0.500 bits per heavy atom. The fraction of sp³-hybridized carbons (Fsp3) is 0.182. The largest absolute Gasteiger partial charge is 0.461 e. The molecule has 2 heteroatoms. The zero-order valence-electron chi connectivity index (χ0n) is 28.2. The summed E-state index contributed by atoms with van der Waals surface area (Å²) in [5.74, 6) is 4.64. The van der Waals surface area contributed by atoms with E-state index in [2.05, 4.69) is 150 Å². The van der Waals surface area contributed by atoms with Gasteiger partial charge in [0.1, 0.15) is 11.5 Å². The lowest BCUT2D eigenvalue weighted by atomic mass is 9.93. The van der Waals surface area contributed by atoms with Crippen LogP contribution >= 0.6 is 0 Å². The average Bonchev–Trinajstić information content (AvgIpc) is 3.35. The molecule has 0 saturated carbocycles. The van der Waals surface area contributed by atoms with E-state index in [-0.39, 0.29) is 0 Å². The molecule has 0 aliphatic heterocycles. The second-order valence-corrected chi connectivity index (χ2v) is 12.7. The SMILES string of the molecule is C#Cc1cc(N(c2ccc(-c3c(C)cc(C)cc3C)cc2)c2ccc(-c3c(C)cc(C)cc3C)cc2)ccc1-c1oc(C)cc1C. The summed E-state index contributed by atoms with van der Waals surface area (Å²) in [6.45, 7) is 17.1. The molecule has 0 N–H and O–H groups in total. The Hall–Kier alpha value is -5.26. The van der Waals surface area contributed by atoms with Crippen molar-refractivity contribution in [1.82, 2.24) is 0 Å². The van der Waals surface area contributed by atoms with Gasteiger partial charge in [-0.05, 0) is 154 Å². The van der Waals surface area contributed by atoms with Gasteiger partial charge in [0, 0.05) is 28.2 Å². The van der Waals surface area contributed by atoms with Gasteiger partial charge in [-0.1, -0.05) is 65.6 Å². The number of anilines is 3. The van der Waals surface area contributed by atoms with Crippen LogP contribution < -0.4 is 4.90 Å². The van der Waals surface area contributed by atoms with Gasteiger partial charge in [0.05, 0.1) is 0 Å². The Bertz CT molecular complexity index is 1970. The number of terminal acetylenes is 1. The molecule has 0 atom stereocenters. The molecule has 2 nitrogen and oxygen atoms in total. The van der Waals surface area contributed by atoms with Gasteiger partial charge >= 0.3 is 0 Å². The quantitative estimate of drug-likeness (QED) is 0.177. The molecule has 6 aromatic rings. The van der Waals surface area contributed by atoms with Gasteiger partial charge in [0.15, 0.2) is 0 Å². The summed E-state index contributed by atoms with van der Waals surface area (Å²) in [4.78, 5) is 2.28. The Morgan fingerprint density at radius 2 is 0.935 bits per heavy atom. The summed E-state index contributed by atoms with van der Waals surface area (Å²) in [5.41, 5.74) is 18.6. The summed E-state index contributed by atoms with van der Waals surface area (Å²) in [6, 6.07) is 35.1. The van der Waals surface area contributed by atoms with Gasteiger partial charge in [-0.3, -0.25) is 0 Å². The van der Waals surface area contributed by atoms with Gasteiger partial charge in [-0.25, -0.2) is 0 Å². The number of hydrogen-bond acceptors (Lipinski definition) is 2. The predicted octanol–water partition coefficient (Wildman–Crippen LogP) is 12.2. The van der Waals surface area contributed by atoms with Gasteiger partial charge in [-0.15, -0.1) is 6.42 Å². The van der Waals surface area contributed by atoms with Crippen LogP contribution in [0.4, 0.5) is 17.1 Å². The summed E-state index contributed by atoms with van der Waals surface area (Å²) < 4.78 is 6.07. The highest BCUT2D eigenvalue weighted by atomic mass is 16.3. The highest BCUT2D eigenvalue weighted by Gasteiger charge is 2.18. The van der Waals surface area contributed by atoms with Crippen LogP contribution in [0.5, 0.6) is 0 Å². The van der Waals surface area contributed by atoms with Crippen molar-refractivity contribution < 1.29 is 4.42 Å². The standard InChI is InChI=1S/C44H41NO/c1-10-35-26-40(19-20-41(35)44-33(8)25-34(9)46-44)45(38-15-11-36(12-16-38)42-29(4)21-27(2)22-30(42)5)39-17-13-37(14-18-39)43-31(6)23-28(3)24-32(43)7/h1,11-26H,2-9H3. The molecule has 0 saturated heterocycles. The van der Waals surface area contributed by atoms with Crippen LogP contribution in [0.1, 0.15) is 50.3 Å². The maximum atomic E-state index is 6.13. The highest BCUT2D eigenvalue weighted by molar-refractivity contribution is 5.84. The van der Waals surface area contributed by atoms with Crippen molar-refractivity contribution in [2.75, 3.05) is 4.90 Å². The van der Waals surface area contributed by atoms with Crippen LogP contribution in [0.2, 0.25) is 0 Å². The first kappa shape index (κ1) is 30.8. The zero-order valence-corrected chi connectivity index (χ0v) is 28.2. The van der Waals surface area contributed by atoms with Crippen molar-refractivity contribution in [2.24, 2.45) is 0 Å². The van der Waals surface area contributed by atoms with Crippen molar-refractivity contribution in [1.29, 1.82) is 0 Å². The fourth-order valence-electron chi connectivity index (χ4n) is 7.17. The van der Waals surface area contributed by atoms with Crippen LogP contribution in [0, 0.1) is 67.7 Å². The first-order valence-electron chi connectivity index (χ1n) is 15.9. The molecule has 5 aromatic carbocycles. The Morgan fingerprint density at radius 3 is 1.33 bits per heavy atom. The molecule has 0 amide bonds. The van der Waals surface area contributed by atoms with Crippen molar-refractivity contribution in [3.8, 4) is 45.9 Å². The monoisotopic (exact) mass is 599 g/mol. The number of nitrogens with zero attached hydrogens (tertiary/aromatic N) is 1. The van der Waals surface area contributed by atoms with Crippen LogP contribution in [0.25, 0.3) is 33.6 Å². The topological polar surface area (TPSA) is 16.4 Å². The van der Waals surface area contributed by atoms with Gasteiger partial charge in [-0.2, -0.15) is 0 Å². The van der Waals surface area contributed by atoms with E-state index in [4.69, 9.17) is 10.8 Å². The molecule has 0 bridgehead atoms. The third-order valence-corrected chi connectivity index (χ3v) is 8.88. The molecule has 1 aromatic heterocycles. The molecule has 0 radical (unpaired) electrons. The van der Waals surface area contributed by atoms with Gasteiger partial charge in [0.25, 0.3) is 0 Å². The molecule has 46 heavy (non-hydrogen) atoms. The minimum absolute atomic E-state index is 0.796. The van der Waals surface area contributed by atoms with E-state index in [1.165, 1.54) is 55.6 Å². The van der Waals surface area contributed by atoms with Crippen molar-refractivity contribution in [2.45, 2.75) is 55.4 Å². The van der Waals surface area contributed by atoms with E-state index in [0.717, 1.165) is 45.3 Å². The molecule has 0 spiro atoms. The normalized spacial score (nSPS) is 11.0. The summed E-state index contributed by atoms with van der Waals surface area (Å²) in [7, 11) is 0. The highest BCUT2D eigenvalue weighted by Crippen LogP contribution is 2.40. The molecular formula is C44H41NO. The molecule has 1 heterocycles. The van der Waals surface area contributed by atoms with E-state index in [0.29, 0.717) is 0 Å². The smallest absolute Gasteiger partial charge is 0.138 e. The second kappa shape index (κ2) is 12.3. The Labute approximate surface area is 274 Å². The first-order valence-corrected chi connectivity index (χ1v) is 15.9. The zero-order chi connectivity index (χ0) is 32.7. The van der Waals surface area contributed by atoms with E-state index >= 15 is 0 Å². The lowest BCUT2D eigenvalue weighted by Crippen LogP contribution is -2.10. The molecule has 228 valence electrons. The number of aryl methyl sites for hydroxylation is 8. The van der Waals surface area contributed by atoms with E-state index in [1.54, 1.807) is 0 Å². The van der Waals surface area contributed by atoms with Crippen molar-refractivity contribution >= 4 is 17.1 Å². The lowest BCUT2D eigenvalue weighted by molar-refractivity contribution is 0.547. The minimum Gasteiger partial charge on any atom is -0.461 e. The summed E-state index contributed by atoms with van der Waals surface area (Å²) >= 11 is 0. The maximum Gasteiger partial charge on any atom is 0.138 e. The predicted molar refractivity (Wildman–Crippen MR) is 196 cm³/mol.